The van der Waals surface area contributed by atoms with Crippen molar-refractivity contribution < 1.29 is 22.3 Å². The molecule has 146 valence electrons. The van der Waals surface area contributed by atoms with Crippen molar-refractivity contribution in [2.75, 3.05) is 13.1 Å². The molecule has 0 atom stereocenters. The molecule has 1 aromatic carbocycles. The average Bonchev–Trinajstić information content (AvgIpc) is 2.73. The first kappa shape index (κ1) is 19.9. The summed E-state index contributed by atoms with van der Waals surface area (Å²) in [6, 6.07) is 8.78. The highest BCUT2D eigenvalue weighted by atomic mass is 32.2. The van der Waals surface area contributed by atoms with Crippen molar-refractivity contribution in [2.45, 2.75) is 24.3 Å². The van der Waals surface area contributed by atoms with Crippen LogP contribution in [0.1, 0.15) is 24.0 Å². The molecule has 0 aliphatic carbocycles. The maximum absolute atomic E-state index is 13.8. The van der Waals surface area contributed by atoms with Crippen molar-refractivity contribution >= 4 is 16.0 Å². The Morgan fingerprint density at radius 2 is 2.07 bits per heavy atom. The number of piperidine rings is 1. The smallest absolute Gasteiger partial charge is 0.309 e. The van der Waals surface area contributed by atoms with E-state index in [1.54, 1.807) is 6.07 Å². The fourth-order valence-electron chi connectivity index (χ4n) is 3.00. The van der Waals surface area contributed by atoms with Gasteiger partial charge in [0.1, 0.15) is 17.3 Å². The van der Waals surface area contributed by atoms with Gasteiger partial charge < -0.3 is 4.74 Å². The van der Waals surface area contributed by atoms with Crippen molar-refractivity contribution in [3.05, 3.63) is 59.7 Å². The minimum Gasteiger partial charge on any atom is -0.460 e. The molecule has 1 fully saturated rings. The van der Waals surface area contributed by atoms with Crippen molar-refractivity contribution in [1.82, 2.24) is 9.29 Å². The number of carbonyl (C=O) groups excluding carboxylic acids is 1. The summed E-state index contributed by atoms with van der Waals surface area (Å²) in [6.45, 7) is 0.110. The van der Waals surface area contributed by atoms with E-state index in [0.717, 1.165) is 6.07 Å². The second kappa shape index (κ2) is 8.46. The highest BCUT2D eigenvalue weighted by molar-refractivity contribution is 7.89. The molecule has 0 amide bonds. The van der Waals surface area contributed by atoms with Gasteiger partial charge in [0.25, 0.3) is 0 Å². The average molecular weight is 403 g/mol. The summed E-state index contributed by atoms with van der Waals surface area (Å²) in [4.78, 5) is 16.2. The zero-order valence-electron chi connectivity index (χ0n) is 14.9. The highest BCUT2D eigenvalue weighted by Crippen LogP contribution is 2.24. The minimum absolute atomic E-state index is 0.115. The number of esters is 1. The van der Waals surface area contributed by atoms with Gasteiger partial charge in [-0.2, -0.15) is 9.57 Å². The lowest BCUT2D eigenvalue weighted by molar-refractivity contribution is -0.151. The van der Waals surface area contributed by atoms with Crippen LogP contribution in [-0.2, 0) is 26.2 Å². The predicted molar refractivity (Wildman–Crippen MR) is 96.6 cm³/mol. The topological polar surface area (TPSA) is 100 Å². The first-order chi connectivity index (χ1) is 13.4. The third kappa shape index (κ3) is 4.35. The molecular formula is C19H18FN3O4S. The minimum atomic E-state index is -3.64. The van der Waals surface area contributed by atoms with Crippen LogP contribution in [0.15, 0.2) is 47.6 Å². The van der Waals surface area contributed by atoms with Gasteiger partial charge >= 0.3 is 5.97 Å². The van der Waals surface area contributed by atoms with E-state index >= 15 is 0 Å². The number of benzene rings is 1. The zero-order valence-corrected chi connectivity index (χ0v) is 15.7. The van der Waals surface area contributed by atoms with E-state index < -0.39 is 27.7 Å². The van der Waals surface area contributed by atoms with Gasteiger partial charge in [0.15, 0.2) is 0 Å². The third-order valence-corrected chi connectivity index (χ3v) is 6.49. The van der Waals surface area contributed by atoms with Crippen LogP contribution in [0.5, 0.6) is 0 Å². The predicted octanol–water partition coefficient (Wildman–Crippen LogP) is 2.24. The standard InChI is InChI=1S/C19H18FN3O4S/c20-18-4-3-14(11-21)10-16(18)13-27-19(24)15-5-8-23(9-6-15)28(25,26)17-2-1-7-22-12-17/h1-4,7,10,12,15H,5-6,8-9,13H2. The van der Waals surface area contributed by atoms with Gasteiger partial charge in [-0.3, -0.25) is 9.78 Å². The number of carbonyl (C=O) groups is 1. The number of sulfonamides is 1. The van der Waals surface area contributed by atoms with Crippen LogP contribution in [0.4, 0.5) is 4.39 Å². The number of hydrogen-bond acceptors (Lipinski definition) is 6. The molecule has 2 heterocycles. The Labute approximate surface area is 162 Å². The molecule has 0 unspecified atom stereocenters. The van der Waals surface area contributed by atoms with Gasteiger partial charge in [-0.15, -0.1) is 0 Å². The Morgan fingerprint density at radius 3 is 2.71 bits per heavy atom. The van der Waals surface area contributed by atoms with Crippen LogP contribution in [0.2, 0.25) is 0 Å². The lowest BCUT2D eigenvalue weighted by Crippen LogP contribution is -2.40. The summed E-state index contributed by atoms with van der Waals surface area (Å²) in [6.07, 6.45) is 3.42. The van der Waals surface area contributed by atoms with Crippen molar-refractivity contribution in [3.63, 3.8) is 0 Å². The molecule has 9 heteroatoms. The van der Waals surface area contributed by atoms with Gasteiger partial charge in [0, 0.05) is 31.0 Å². The highest BCUT2D eigenvalue weighted by Gasteiger charge is 2.33. The molecule has 0 bridgehead atoms. The van der Waals surface area contributed by atoms with Crippen molar-refractivity contribution in [3.8, 4) is 6.07 Å². The number of nitrogens with zero attached hydrogens (tertiary/aromatic N) is 3. The summed E-state index contributed by atoms with van der Waals surface area (Å²) in [5, 5.41) is 8.87. The van der Waals surface area contributed by atoms with Gasteiger partial charge in [-0.1, -0.05) is 0 Å². The molecule has 1 aromatic heterocycles. The maximum atomic E-state index is 13.8. The Balaban J connectivity index is 1.57. The van der Waals surface area contributed by atoms with Crippen molar-refractivity contribution in [2.24, 2.45) is 5.92 Å². The van der Waals surface area contributed by atoms with Crippen LogP contribution < -0.4 is 0 Å². The SMILES string of the molecule is N#Cc1ccc(F)c(COC(=O)C2CCN(S(=O)(=O)c3cccnc3)CC2)c1. The van der Waals surface area contributed by atoms with Crippen LogP contribution in [0.25, 0.3) is 0 Å². The molecule has 1 saturated heterocycles. The van der Waals surface area contributed by atoms with Crippen LogP contribution in [-0.4, -0.2) is 36.8 Å². The monoisotopic (exact) mass is 403 g/mol. The summed E-state index contributed by atoms with van der Waals surface area (Å²) >= 11 is 0. The number of nitriles is 1. The Hall–Kier alpha value is -2.83. The van der Waals surface area contributed by atoms with Gasteiger partial charge in [0.2, 0.25) is 10.0 Å². The van der Waals surface area contributed by atoms with Crippen LogP contribution in [0, 0.1) is 23.1 Å². The van der Waals surface area contributed by atoms with Crippen LogP contribution in [0.3, 0.4) is 0 Å². The van der Waals surface area contributed by atoms with Gasteiger partial charge in [-0.25, -0.2) is 12.8 Å². The lowest BCUT2D eigenvalue weighted by Gasteiger charge is -2.30. The first-order valence-electron chi connectivity index (χ1n) is 8.67. The maximum Gasteiger partial charge on any atom is 0.309 e. The molecule has 28 heavy (non-hydrogen) atoms. The summed E-state index contributed by atoms with van der Waals surface area (Å²) in [5.41, 5.74) is 0.408. The van der Waals surface area contributed by atoms with E-state index in [2.05, 4.69) is 4.98 Å². The molecule has 0 radical (unpaired) electrons. The molecule has 2 aromatic rings. The molecule has 0 spiro atoms. The van der Waals surface area contributed by atoms with E-state index in [0.29, 0.717) is 12.8 Å². The molecule has 0 saturated carbocycles. The van der Waals surface area contributed by atoms with E-state index in [1.165, 1.54) is 34.9 Å². The number of hydrogen-bond donors (Lipinski definition) is 0. The Bertz CT molecular complexity index is 998. The number of pyridine rings is 1. The second-order valence-corrected chi connectivity index (χ2v) is 8.33. The fraction of sp³-hybridized carbons (Fsp3) is 0.316. The van der Waals surface area contributed by atoms with E-state index in [-0.39, 0.29) is 35.7 Å². The molecule has 7 nitrogen and oxygen atoms in total. The second-order valence-electron chi connectivity index (χ2n) is 6.39. The van der Waals surface area contributed by atoms with E-state index in [4.69, 9.17) is 10.00 Å². The zero-order chi connectivity index (χ0) is 20.1. The lowest BCUT2D eigenvalue weighted by atomic mass is 9.98. The third-order valence-electron chi connectivity index (χ3n) is 4.60. The Kier molecular flexibility index (Phi) is 6.02. The molecule has 1 aliphatic rings. The number of halogens is 1. The Morgan fingerprint density at radius 1 is 1.32 bits per heavy atom. The summed E-state index contributed by atoms with van der Waals surface area (Å²) < 4.78 is 45.4. The van der Waals surface area contributed by atoms with Crippen molar-refractivity contribution in [1.29, 1.82) is 5.26 Å². The van der Waals surface area contributed by atoms with Gasteiger partial charge in [-0.05, 0) is 43.2 Å². The quantitative estimate of drug-likeness (QED) is 0.710. The fourth-order valence-corrected chi connectivity index (χ4v) is 4.44. The number of ether oxygens (including phenoxy) is 1. The molecule has 3 rings (SSSR count). The number of aromatic nitrogens is 1. The van der Waals surface area contributed by atoms with Crippen LogP contribution >= 0.6 is 0 Å². The number of rotatable bonds is 5. The van der Waals surface area contributed by atoms with E-state index in [1.807, 2.05) is 6.07 Å². The molecule has 0 N–H and O–H groups in total. The molecular weight excluding hydrogens is 385 g/mol. The summed E-state index contributed by atoms with van der Waals surface area (Å²) in [7, 11) is -3.64. The largest absolute Gasteiger partial charge is 0.460 e. The normalized spacial score (nSPS) is 15.7. The van der Waals surface area contributed by atoms with E-state index in [9.17, 15) is 17.6 Å². The first-order valence-corrected chi connectivity index (χ1v) is 10.1. The summed E-state index contributed by atoms with van der Waals surface area (Å²) in [5.74, 6) is -1.51. The van der Waals surface area contributed by atoms with Gasteiger partial charge in [0.05, 0.1) is 17.6 Å². The molecule has 1 aliphatic heterocycles.